The van der Waals surface area contributed by atoms with E-state index in [-0.39, 0.29) is 11.9 Å². The van der Waals surface area contributed by atoms with E-state index < -0.39 is 0 Å². The van der Waals surface area contributed by atoms with Crippen molar-refractivity contribution in [1.82, 2.24) is 0 Å². The Bertz CT molecular complexity index is 351. The molecule has 3 nitrogen and oxygen atoms in total. The van der Waals surface area contributed by atoms with Crippen molar-refractivity contribution in [2.24, 2.45) is 0 Å². The van der Waals surface area contributed by atoms with Gasteiger partial charge in [-0.25, -0.2) is 4.39 Å². The van der Waals surface area contributed by atoms with Gasteiger partial charge in [-0.3, -0.25) is 0 Å². The van der Waals surface area contributed by atoms with E-state index in [9.17, 15) is 4.39 Å². The first-order valence-electron chi connectivity index (χ1n) is 5.51. The third-order valence-electron chi connectivity index (χ3n) is 2.67. The summed E-state index contributed by atoms with van der Waals surface area (Å²) in [5.74, 6) is 0.301. The summed E-state index contributed by atoms with van der Waals surface area (Å²) in [4.78, 5) is 0. The summed E-state index contributed by atoms with van der Waals surface area (Å²) in [6, 6.07) is 4.52. The summed E-state index contributed by atoms with van der Waals surface area (Å²) in [6.07, 6.45) is 1.85. The Balaban J connectivity index is 2.09. The van der Waals surface area contributed by atoms with Gasteiger partial charge in [-0.05, 0) is 12.1 Å². The van der Waals surface area contributed by atoms with Crippen LogP contribution in [-0.2, 0) is 4.74 Å². The minimum Gasteiger partial charge on any atom is -0.488 e. The van der Waals surface area contributed by atoms with Crippen molar-refractivity contribution in [1.29, 1.82) is 0 Å². The summed E-state index contributed by atoms with van der Waals surface area (Å²) < 4.78 is 24.1. The highest BCUT2D eigenvalue weighted by Crippen LogP contribution is 2.27. The lowest BCUT2D eigenvalue weighted by Gasteiger charge is -2.24. The lowest BCUT2D eigenvalue weighted by molar-refractivity contribution is 0.0257. The number of hydrogen-bond acceptors (Lipinski definition) is 3. The van der Waals surface area contributed by atoms with Crippen LogP contribution < -0.4 is 10.1 Å². The van der Waals surface area contributed by atoms with E-state index in [1.807, 2.05) is 0 Å². The van der Waals surface area contributed by atoms with Crippen LogP contribution in [0.25, 0.3) is 0 Å². The molecule has 1 fully saturated rings. The first-order valence-corrected chi connectivity index (χ1v) is 5.51. The molecule has 0 unspecified atom stereocenters. The minimum absolute atomic E-state index is 0.127. The van der Waals surface area contributed by atoms with E-state index in [1.54, 1.807) is 13.1 Å². The normalized spacial score (nSPS) is 17.1. The van der Waals surface area contributed by atoms with Gasteiger partial charge < -0.3 is 14.8 Å². The summed E-state index contributed by atoms with van der Waals surface area (Å²) in [5, 5.41) is 2.99. The third-order valence-corrected chi connectivity index (χ3v) is 2.67. The van der Waals surface area contributed by atoms with Gasteiger partial charge in [0.25, 0.3) is 0 Å². The zero-order valence-electron chi connectivity index (χ0n) is 9.33. The summed E-state index contributed by atoms with van der Waals surface area (Å²) in [6.45, 7) is 1.43. The Morgan fingerprint density at radius 3 is 2.81 bits per heavy atom. The highest BCUT2D eigenvalue weighted by molar-refractivity contribution is 5.56. The van der Waals surface area contributed by atoms with Gasteiger partial charge in [-0.2, -0.15) is 0 Å². The van der Waals surface area contributed by atoms with Crippen LogP contribution in [-0.4, -0.2) is 26.4 Å². The van der Waals surface area contributed by atoms with Crippen molar-refractivity contribution >= 4 is 5.69 Å². The lowest BCUT2D eigenvalue weighted by atomic mass is 10.1. The fourth-order valence-corrected chi connectivity index (χ4v) is 1.77. The van der Waals surface area contributed by atoms with Gasteiger partial charge in [0.15, 0.2) is 0 Å². The average molecular weight is 225 g/mol. The molecular weight excluding hydrogens is 209 g/mol. The molecule has 0 aromatic heterocycles. The Hall–Kier alpha value is -1.29. The van der Waals surface area contributed by atoms with E-state index in [4.69, 9.17) is 9.47 Å². The highest BCUT2D eigenvalue weighted by Gasteiger charge is 2.16. The van der Waals surface area contributed by atoms with Crippen LogP contribution >= 0.6 is 0 Å². The standard InChI is InChI=1S/C12H16FNO2/c1-14-11-3-2-9(13)8-12(11)16-10-4-6-15-7-5-10/h2-3,8,10,14H,4-7H2,1H3. The van der Waals surface area contributed by atoms with Gasteiger partial charge in [0, 0.05) is 26.0 Å². The molecule has 1 N–H and O–H groups in total. The van der Waals surface area contributed by atoms with Gasteiger partial charge in [-0.1, -0.05) is 0 Å². The van der Waals surface area contributed by atoms with E-state index in [2.05, 4.69) is 5.32 Å². The van der Waals surface area contributed by atoms with Crippen LogP contribution in [0.2, 0.25) is 0 Å². The summed E-state index contributed by atoms with van der Waals surface area (Å²) >= 11 is 0. The van der Waals surface area contributed by atoms with Crippen LogP contribution in [0.5, 0.6) is 5.75 Å². The maximum atomic E-state index is 13.1. The predicted octanol–water partition coefficient (Wildman–Crippen LogP) is 2.43. The van der Waals surface area contributed by atoms with Crippen molar-refractivity contribution in [3.63, 3.8) is 0 Å². The Morgan fingerprint density at radius 2 is 2.12 bits per heavy atom. The summed E-state index contributed by atoms with van der Waals surface area (Å²) in [5.41, 5.74) is 0.813. The molecule has 1 aliphatic rings. The summed E-state index contributed by atoms with van der Waals surface area (Å²) in [7, 11) is 1.80. The molecule has 0 bridgehead atoms. The molecular formula is C12H16FNO2. The minimum atomic E-state index is -0.277. The van der Waals surface area contributed by atoms with Crippen molar-refractivity contribution in [3.05, 3.63) is 24.0 Å². The largest absolute Gasteiger partial charge is 0.488 e. The second kappa shape index (κ2) is 5.16. The van der Waals surface area contributed by atoms with Gasteiger partial charge in [0.1, 0.15) is 17.7 Å². The van der Waals surface area contributed by atoms with E-state index in [1.165, 1.54) is 12.1 Å². The zero-order valence-corrected chi connectivity index (χ0v) is 9.33. The first kappa shape index (κ1) is 11.2. The topological polar surface area (TPSA) is 30.5 Å². The molecule has 1 heterocycles. The molecule has 1 saturated heterocycles. The van der Waals surface area contributed by atoms with Crippen LogP contribution in [0, 0.1) is 5.82 Å². The van der Waals surface area contributed by atoms with Crippen LogP contribution in [0.4, 0.5) is 10.1 Å². The number of ether oxygens (including phenoxy) is 2. The van der Waals surface area contributed by atoms with Crippen molar-refractivity contribution in [2.45, 2.75) is 18.9 Å². The number of benzene rings is 1. The molecule has 1 aromatic rings. The predicted molar refractivity (Wildman–Crippen MR) is 60.4 cm³/mol. The number of hydrogen-bond donors (Lipinski definition) is 1. The average Bonchev–Trinajstić information content (AvgIpc) is 2.31. The SMILES string of the molecule is CNc1ccc(F)cc1OC1CCOCC1. The monoisotopic (exact) mass is 225 g/mol. The Labute approximate surface area is 94.6 Å². The zero-order chi connectivity index (χ0) is 11.4. The molecule has 4 heteroatoms. The number of halogens is 1. The van der Waals surface area contributed by atoms with Gasteiger partial charge in [0.05, 0.1) is 18.9 Å². The third kappa shape index (κ3) is 2.64. The molecule has 0 amide bonds. The van der Waals surface area contributed by atoms with E-state index >= 15 is 0 Å². The Kier molecular flexibility index (Phi) is 3.62. The van der Waals surface area contributed by atoms with Crippen LogP contribution in [0.1, 0.15) is 12.8 Å². The maximum Gasteiger partial charge on any atom is 0.145 e. The van der Waals surface area contributed by atoms with Gasteiger partial charge in [-0.15, -0.1) is 0 Å². The van der Waals surface area contributed by atoms with E-state index in [0.717, 1.165) is 31.7 Å². The van der Waals surface area contributed by atoms with Crippen molar-refractivity contribution < 1.29 is 13.9 Å². The lowest BCUT2D eigenvalue weighted by Crippen LogP contribution is -2.26. The number of rotatable bonds is 3. The second-order valence-electron chi connectivity index (χ2n) is 3.82. The second-order valence-corrected chi connectivity index (χ2v) is 3.82. The van der Waals surface area contributed by atoms with Gasteiger partial charge in [0.2, 0.25) is 0 Å². The fraction of sp³-hybridized carbons (Fsp3) is 0.500. The molecule has 16 heavy (non-hydrogen) atoms. The molecule has 0 spiro atoms. The van der Waals surface area contributed by atoms with Crippen LogP contribution in [0.3, 0.4) is 0 Å². The highest BCUT2D eigenvalue weighted by atomic mass is 19.1. The Morgan fingerprint density at radius 1 is 1.38 bits per heavy atom. The van der Waals surface area contributed by atoms with Crippen molar-refractivity contribution in [2.75, 3.05) is 25.6 Å². The van der Waals surface area contributed by atoms with E-state index in [0.29, 0.717) is 5.75 Å². The van der Waals surface area contributed by atoms with Crippen molar-refractivity contribution in [3.8, 4) is 5.75 Å². The smallest absolute Gasteiger partial charge is 0.145 e. The van der Waals surface area contributed by atoms with Gasteiger partial charge >= 0.3 is 0 Å². The fourth-order valence-electron chi connectivity index (χ4n) is 1.77. The number of anilines is 1. The molecule has 1 aliphatic heterocycles. The molecule has 1 aromatic carbocycles. The molecule has 88 valence electrons. The molecule has 2 rings (SSSR count). The maximum absolute atomic E-state index is 13.1. The molecule has 0 saturated carbocycles. The first-order chi connectivity index (χ1) is 7.79. The molecule has 0 atom stereocenters. The quantitative estimate of drug-likeness (QED) is 0.857. The molecule has 0 radical (unpaired) electrons. The van der Waals surface area contributed by atoms with Crippen LogP contribution in [0.15, 0.2) is 18.2 Å². The molecule has 0 aliphatic carbocycles. The number of nitrogens with one attached hydrogen (secondary N) is 1.